The number of hydrogen-bond donors (Lipinski definition) is 3. The molecule has 3 N–H and O–H groups in total. The SMILES string of the molecule is CCCCCCCCCCCCCCCCCCCCCCCCCCCCNC(=O)Nc1ccc(O)cc1. The smallest absolute Gasteiger partial charge is 0.319 e. The first-order valence-corrected chi connectivity index (χ1v) is 17.1. The third-order valence-electron chi connectivity index (χ3n) is 7.94. The van der Waals surface area contributed by atoms with Gasteiger partial charge in [0.1, 0.15) is 5.75 Å². The van der Waals surface area contributed by atoms with Crippen LogP contribution in [0.25, 0.3) is 0 Å². The molecule has 1 rings (SSSR count). The third-order valence-corrected chi connectivity index (χ3v) is 7.94. The zero-order valence-electron chi connectivity index (χ0n) is 25.8. The summed E-state index contributed by atoms with van der Waals surface area (Å²) in [6, 6.07) is 6.34. The zero-order chi connectivity index (χ0) is 28.1. The second-order valence-electron chi connectivity index (χ2n) is 11.8. The molecule has 1 aromatic rings. The van der Waals surface area contributed by atoms with Gasteiger partial charge in [-0.15, -0.1) is 0 Å². The van der Waals surface area contributed by atoms with Crippen molar-refractivity contribution in [1.82, 2.24) is 5.32 Å². The normalized spacial score (nSPS) is 11.1. The molecule has 0 heterocycles. The summed E-state index contributed by atoms with van der Waals surface area (Å²) in [6.07, 6.45) is 36.5. The Morgan fingerprint density at radius 3 is 1.15 bits per heavy atom. The molecule has 0 atom stereocenters. The lowest BCUT2D eigenvalue weighted by atomic mass is 10.0. The van der Waals surface area contributed by atoms with E-state index in [4.69, 9.17) is 0 Å². The summed E-state index contributed by atoms with van der Waals surface area (Å²) in [7, 11) is 0. The second kappa shape index (κ2) is 27.8. The molecule has 1 aromatic carbocycles. The minimum absolute atomic E-state index is 0.180. The van der Waals surface area contributed by atoms with E-state index in [0.29, 0.717) is 12.2 Å². The highest BCUT2D eigenvalue weighted by molar-refractivity contribution is 5.89. The molecule has 0 bridgehead atoms. The predicted molar refractivity (Wildman–Crippen MR) is 171 cm³/mol. The van der Waals surface area contributed by atoms with Crippen molar-refractivity contribution in [2.75, 3.05) is 11.9 Å². The van der Waals surface area contributed by atoms with Gasteiger partial charge in [-0.2, -0.15) is 0 Å². The number of carbonyl (C=O) groups excluding carboxylic acids is 1. The van der Waals surface area contributed by atoms with Gasteiger partial charge in [-0.1, -0.05) is 167 Å². The molecule has 39 heavy (non-hydrogen) atoms. The van der Waals surface area contributed by atoms with Crippen LogP contribution in [0.2, 0.25) is 0 Å². The summed E-state index contributed by atoms with van der Waals surface area (Å²) in [5.41, 5.74) is 0.690. The fourth-order valence-corrected chi connectivity index (χ4v) is 5.36. The van der Waals surface area contributed by atoms with Gasteiger partial charge in [0.25, 0.3) is 0 Å². The number of anilines is 1. The molecule has 0 unspecified atom stereocenters. The van der Waals surface area contributed by atoms with E-state index < -0.39 is 0 Å². The van der Waals surface area contributed by atoms with Gasteiger partial charge in [-0.25, -0.2) is 4.79 Å². The lowest BCUT2D eigenvalue weighted by Crippen LogP contribution is -2.29. The van der Waals surface area contributed by atoms with Crippen LogP contribution in [-0.4, -0.2) is 17.7 Å². The van der Waals surface area contributed by atoms with Crippen LogP contribution in [0.15, 0.2) is 24.3 Å². The van der Waals surface area contributed by atoms with Crippen molar-refractivity contribution in [2.45, 2.75) is 174 Å². The Kier molecular flexibility index (Phi) is 25.2. The highest BCUT2D eigenvalue weighted by Crippen LogP contribution is 2.16. The van der Waals surface area contributed by atoms with Crippen LogP contribution < -0.4 is 10.6 Å². The van der Waals surface area contributed by atoms with Crippen molar-refractivity contribution >= 4 is 11.7 Å². The second-order valence-corrected chi connectivity index (χ2v) is 11.8. The van der Waals surface area contributed by atoms with Crippen molar-refractivity contribution in [3.8, 4) is 5.75 Å². The van der Waals surface area contributed by atoms with E-state index in [-0.39, 0.29) is 11.8 Å². The van der Waals surface area contributed by atoms with Gasteiger partial charge in [0.15, 0.2) is 0 Å². The van der Waals surface area contributed by atoms with Gasteiger partial charge in [-0.3, -0.25) is 0 Å². The summed E-state index contributed by atoms with van der Waals surface area (Å²) >= 11 is 0. The Balaban J connectivity index is 1.68. The molecular formula is C35H64N2O2. The molecule has 0 radical (unpaired) electrons. The topological polar surface area (TPSA) is 61.4 Å². The number of carbonyl (C=O) groups is 1. The van der Waals surface area contributed by atoms with Crippen LogP contribution in [-0.2, 0) is 0 Å². The van der Waals surface area contributed by atoms with Crippen molar-refractivity contribution in [2.24, 2.45) is 0 Å². The minimum atomic E-state index is -0.180. The fourth-order valence-electron chi connectivity index (χ4n) is 5.36. The van der Waals surface area contributed by atoms with Gasteiger partial charge in [0.2, 0.25) is 0 Å². The maximum Gasteiger partial charge on any atom is 0.319 e. The van der Waals surface area contributed by atoms with Gasteiger partial charge >= 0.3 is 6.03 Å². The molecule has 4 heteroatoms. The highest BCUT2D eigenvalue weighted by atomic mass is 16.3. The highest BCUT2D eigenvalue weighted by Gasteiger charge is 2.01. The van der Waals surface area contributed by atoms with Crippen LogP contribution in [0.1, 0.15) is 174 Å². The average Bonchev–Trinajstić information content (AvgIpc) is 2.94. The van der Waals surface area contributed by atoms with Crippen molar-refractivity contribution in [3.63, 3.8) is 0 Å². The number of phenolic OH excluding ortho intramolecular Hbond substituents is 1. The standard InChI is InChI=1S/C35H64N2O2/c1-2-3-4-5-6-7-8-9-10-11-12-13-14-15-16-17-18-19-20-21-22-23-24-25-26-27-32-36-35(39)37-33-28-30-34(38)31-29-33/h28-31,38H,2-27,32H2,1H3,(H2,36,37,39). The van der Waals surface area contributed by atoms with Crippen LogP contribution in [0.5, 0.6) is 5.75 Å². The summed E-state index contributed by atoms with van der Waals surface area (Å²) in [4.78, 5) is 11.9. The van der Waals surface area contributed by atoms with Crippen molar-refractivity contribution in [1.29, 1.82) is 0 Å². The van der Waals surface area contributed by atoms with Crippen LogP contribution in [0.3, 0.4) is 0 Å². The van der Waals surface area contributed by atoms with E-state index in [1.165, 1.54) is 161 Å². The Morgan fingerprint density at radius 1 is 0.513 bits per heavy atom. The lowest BCUT2D eigenvalue weighted by Gasteiger charge is -2.07. The van der Waals surface area contributed by atoms with Gasteiger partial charge in [-0.05, 0) is 30.7 Å². The van der Waals surface area contributed by atoms with Crippen molar-refractivity contribution < 1.29 is 9.90 Å². The molecular weight excluding hydrogens is 480 g/mol. The molecule has 0 aliphatic carbocycles. The molecule has 0 fully saturated rings. The first kappa shape index (κ1) is 35.3. The van der Waals surface area contributed by atoms with Gasteiger partial charge in [0.05, 0.1) is 0 Å². The quantitative estimate of drug-likeness (QED) is 0.0725. The Hall–Kier alpha value is -1.71. The zero-order valence-corrected chi connectivity index (χ0v) is 25.8. The largest absolute Gasteiger partial charge is 0.508 e. The third kappa shape index (κ3) is 25.0. The number of hydrogen-bond acceptors (Lipinski definition) is 2. The molecule has 0 aromatic heterocycles. The van der Waals surface area contributed by atoms with E-state index in [9.17, 15) is 9.90 Å². The number of benzene rings is 1. The summed E-state index contributed by atoms with van der Waals surface area (Å²) in [5, 5.41) is 15.0. The van der Waals surface area contributed by atoms with Crippen molar-refractivity contribution in [3.05, 3.63) is 24.3 Å². The minimum Gasteiger partial charge on any atom is -0.508 e. The number of amides is 2. The number of nitrogens with one attached hydrogen (secondary N) is 2. The molecule has 4 nitrogen and oxygen atoms in total. The van der Waals surface area contributed by atoms with E-state index in [1.807, 2.05) is 0 Å². The summed E-state index contributed by atoms with van der Waals surface area (Å²) in [5.74, 6) is 0.200. The van der Waals surface area contributed by atoms with Gasteiger partial charge in [0, 0.05) is 12.2 Å². The first-order valence-electron chi connectivity index (χ1n) is 17.1. The van der Waals surface area contributed by atoms with Crippen LogP contribution in [0.4, 0.5) is 10.5 Å². The van der Waals surface area contributed by atoms with E-state index in [0.717, 1.165) is 6.42 Å². The molecule has 0 saturated carbocycles. The Bertz CT molecular complexity index is 647. The number of urea groups is 1. The number of rotatable bonds is 28. The van der Waals surface area contributed by atoms with E-state index >= 15 is 0 Å². The maximum atomic E-state index is 11.9. The average molecular weight is 545 g/mol. The Morgan fingerprint density at radius 2 is 0.821 bits per heavy atom. The molecule has 0 aliphatic rings. The number of phenols is 1. The molecule has 0 saturated heterocycles. The number of aromatic hydroxyl groups is 1. The molecule has 2 amide bonds. The van der Waals surface area contributed by atoms with Gasteiger partial charge < -0.3 is 15.7 Å². The van der Waals surface area contributed by atoms with Crippen LogP contribution >= 0.6 is 0 Å². The maximum absolute atomic E-state index is 11.9. The van der Waals surface area contributed by atoms with Crippen LogP contribution in [0, 0.1) is 0 Å². The first-order chi connectivity index (χ1) is 19.2. The predicted octanol–water partition coefficient (Wildman–Crippen LogP) is 11.7. The molecule has 226 valence electrons. The number of unbranched alkanes of at least 4 members (excludes halogenated alkanes) is 25. The van der Waals surface area contributed by atoms with E-state index in [1.54, 1.807) is 24.3 Å². The fraction of sp³-hybridized carbons (Fsp3) is 0.800. The summed E-state index contributed by atoms with van der Waals surface area (Å²) < 4.78 is 0. The monoisotopic (exact) mass is 544 g/mol. The molecule has 0 spiro atoms. The van der Waals surface area contributed by atoms with E-state index in [2.05, 4.69) is 17.6 Å². The molecule has 0 aliphatic heterocycles. The lowest BCUT2D eigenvalue weighted by molar-refractivity contribution is 0.252. The summed E-state index contributed by atoms with van der Waals surface area (Å²) in [6.45, 7) is 3.01. The Labute approximate surface area is 242 Å².